The maximum atomic E-state index is 12.9. The minimum absolute atomic E-state index is 0.00759. The summed E-state index contributed by atoms with van der Waals surface area (Å²) < 4.78 is 15.8. The first-order chi connectivity index (χ1) is 15.4. The summed E-state index contributed by atoms with van der Waals surface area (Å²) in [5, 5.41) is 13.3. The van der Waals surface area contributed by atoms with Crippen LogP contribution >= 0.6 is 22.9 Å². The zero-order chi connectivity index (χ0) is 22.7. The fourth-order valence-corrected chi connectivity index (χ4v) is 6.09. The summed E-state index contributed by atoms with van der Waals surface area (Å²) >= 11 is 7.72. The first-order valence-corrected chi connectivity index (χ1v) is 12.8. The van der Waals surface area contributed by atoms with E-state index in [2.05, 4.69) is 15.0 Å². The van der Waals surface area contributed by atoms with Gasteiger partial charge in [-0.05, 0) is 67.6 Å². The van der Waals surface area contributed by atoms with E-state index < -0.39 is 11.0 Å². The average molecular weight is 490 g/mol. The lowest BCUT2D eigenvalue weighted by atomic mass is 10.0. The van der Waals surface area contributed by atoms with Gasteiger partial charge in [-0.3, -0.25) is 4.79 Å². The summed E-state index contributed by atoms with van der Waals surface area (Å²) in [6.07, 6.45) is 5.21. The molecule has 1 fully saturated rings. The minimum Gasteiger partial charge on any atom is -0.508 e. The van der Waals surface area contributed by atoms with E-state index in [-0.39, 0.29) is 11.7 Å². The molecule has 1 aliphatic rings. The Bertz CT molecular complexity index is 1140. The molecule has 3 aromatic rings. The van der Waals surface area contributed by atoms with E-state index in [0.29, 0.717) is 33.1 Å². The van der Waals surface area contributed by atoms with Crippen LogP contribution in [0.25, 0.3) is 10.4 Å². The number of anilines is 2. The van der Waals surface area contributed by atoms with Crippen molar-refractivity contribution in [2.45, 2.75) is 43.9 Å². The number of thiazole rings is 1. The number of halogens is 1. The second kappa shape index (κ2) is 10.0. The molecule has 0 aliphatic heterocycles. The van der Waals surface area contributed by atoms with Gasteiger partial charge in [0.1, 0.15) is 5.75 Å². The lowest BCUT2D eigenvalue weighted by Gasteiger charge is -2.09. The molecule has 168 valence electrons. The fourth-order valence-electron chi connectivity index (χ4n) is 3.84. The number of aromatic nitrogens is 1. The molecule has 1 atom stereocenters. The van der Waals surface area contributed by atoms with Crippen molar-refractivity contribution in [2.24, 2.45) is 5.92 Å². The lowest BCUT2D eigenvalue weighted by Crippen LogP contribution is -2.14. The molecule has 0 radical (unpaired) electrons. The van der Waals surface area contributed by atoms with Crippen molar-refractivity contribution in [3.05, 3.63) is 53.2 Å². The van der Waals surface area contributed by atoms with E-state index in [1.807, 2.05) is 13.0 Å². The van der Waals surface area contributed by atoms with Crippen molar-refractivity contribution in [3.8, 4) is 16.2 Å². The molecule has 0 bridgehead atoms. The highest BCUT2D eigenvalue weighted by molar-refractivity contribution is 7.86. The third-order valence-electron chi connectivity index (χ3n) is 5.46. The van der Waals surface area contributed by atoms with Crippen LogP contribution in [0.2, 0.25) is 5.02 Å². The van der Waals surface area contributed by atoms with Gasteiger partial charge in [-0.1, -0.05) is 41.8 Å². The van der Waals surface area contributed by atoms with Gasteiger partial charge in [0, 0.05) is 12.1 Å². The number of benzene rings is 2. The summed E-state index contributed by atoms with van der Waals surface area (Å²) in [6.45, 7) is 1.89. The molecule has 1 amide bonds. The Kier molecular flexibility index (Phi) is 7.13. The van der Waals surface area contributed by atoms with Gasteiger partial charge >= 0.3 is 0 Å². The van der Waals surface area contributed by atoms with Gasteiger partial charge in [0.15, 0.2) is 16.1 Å². The van der Waals surface area contributed by atoms with Crippen molar-refractivity contribution >= 4 is 50.6 Å². The highest BCUT2D eigenvalue weighted by Crippen LogP contribution is 2.36. The molecule has 1 heterocycles. The minimum atomic E-state index is -1.60. The molecule has 32 heavy (non-hydrogen) atoms. The van der Waals surface area contributed by atoms with Crippen molar-refractivity contribution in [1.29, 1.82) is 0 Å². The van der Waals surface area contributed by atoms with Crippen LogP contribution in [0.15, 0.2) is 47.4 Å². The quantitative estimate of drug-likeness (QED) is 0.348. The van der Waals surface area contributed by atoms with Gasteiger partial charge in [0.05, 0.1) is 20.5 Å². The van der Waals surface area contributed by atoms with Crippen LogP contribution in [0.4, 0.5) is 10.8 Å². The van der Waals surface area contributed by atoms with Crippen LogP contribution in [0.5, 0.6) is 5.75 Å². The Morgan fingerprint density at radius 2 is 1.94 bits per heavy atom. The number of aromatic hydroxyl groups is 1. The van der Waals surface area contributed by atoms with Crippen LogP contribution in [-0.4, -0.2) is 20.2 Å². The Balaban J connectivity index is 1.50. The summed E-state index contributed by atoms with van der Waals surface area (Å²) in [6, 6.07) is 11.6. The topological polar surface area (TPSA) is 91.3 Å². The smallest absolute Gasteiger partial charge is 0.226 e. The third-order valence-corrected chi connectivity index (χ3v) is 8.18. The number of carbonyl (C=O) groups is 1. The van der Waals surface area contributed by atoms with E-state index in [1.54, 1.807) is 24.3 Å². The normalized spacial score (nSPS) is 14.9. The average Bonchev–Trinajstić information content (AvgIpc) is 3.39. The summed E-state index contributed by atoms with van der Waals surface area (Å²) in [4.78, 5) is 18.2. The van der Waals surface area contributed by atoms with E-state index in [1.165, 1.54) is 36.3 Å². The van der Waals surface area contributed by atoms with E-state index >= 15 is 0 Å². The molecular weight excluding hydrogens is 466 g/mol. The summed E-state index contributed by atoms with van der Waals surface area (Å²) in [5.74, 6) is 0.617. The van der Waals surface area contributed by atoms with Crippen LogP contribution < -0.4 is 10.0 Å². The molecule has 3 N–H and O–H groups in total. The van der Waals surface area contributed by atoms with Gasteiger partial charge in [-0.25, -0.2) is 9.19 Å². The predicted octanol–water partition coefficient (Wildman–Crippen LogP) is 6.13. The highest BCUT2D eigenvalue weighted by atomic mass is 35.5. The first kappa shape index (κ1) is 22.8. The number of hydrogen-bond acceptors (Lipinski definition) is 5. The van der Waals surface area contributed by atoms with Gasteiger partial charge in [-0.15, -0.1) is 0 Å². The Hall–Kier alpha value is -2.42. The maximum Gasteiger partial charge on any atom is 0.226 e. The molecular formula is C23H24ClN3O3S2. The van der Waals surface area contributed by atoms with Gasteiger partial charge < -0.3 is 15.1 Å². The first-order valence-electron chi connectivity index (χ1n) is 10.4. The number of hydrogen-bond donors (Lipinski definition) is 3. The highest BCUT2D eigenvalue weighted by Gasteiger charge is 2.20. The van der Waals surface area contributed by atoms with Gasteiger partial charge in [-0.2, -0.15) is 0 Å². The van der Waals surface area contributed by atoms with Crippen LogP contribution in [0.3, 0.4) is 0 Å². The third kappa shape index (κ3) is 5.49. The molecule has 6 nitrogen and oxygen atoms in total. The molecule has 4 rings (SSSR count). The molecule has 1 aliphatic carbocycles. The molecule has 2 aromatic carbocycles. The standard InChI is InChI=1S/C23H24ClN3O3S2/c1-14-22(31-23(25-14)26-21(29)12-15-4-2-3-5-15)16-6-11-19(24)20(13-16)32(30)27-17-7-9-18(28)10-8-17/h6-11,13,15,27-28H,2-5,12H2,1H3,(H,25,26,29). The maximum absolute atomic E-state index is 12.9. The van der Waals surface area contributed by atoms with Crippen LogP contribution in [0, 0.1) is 12.8 Å². The molecule has 1 unspecified atom stereocenters. The molecule has 1 saturated carbocycles. The number of rotatable bonds is 7. The number of phenols is 1. The summed E-state index contributed by atoms with van der Waals surface area (Å²) in [7, 11) is -1.60. The Morgan fingerprint density at radius 3 is 2.66 bits per heavy atom. The van der Waals surface area contributed by atoms with Crippen LogP contribution in [-0.2, 0) is 15.8 Å². The largest absolute Gasteiger partial charge is 0.508 e. The van der Waals surface area contributed by atoms with E-state index in [9.17, 15) is 14.1 Å². The number of amides is 1. The van der Waals surface area contributed by atoms with Crippen molar-refractivity contribution < 1.29 is 14.1 Å². The van der Waals surface area contributed by atoms with Crippen molar-refractivity contribution in [1.82, 2.24) is 4.98 Å². The number of phenolic OH excluding ortho intramolecular Hbond substituents is 1. The Labute approximate surface area is 198 Å². The van der Waals surface area contributed by atoms with Crippen molar-refractivity contribution in [2.75, 3.05) is 10.0 Å². The number of aryl methyl sites for hydroxylation is 1. The van der Waals surface area contributed by atoms with Gasteiger partial charge in [0.25, 0.3) is 0 Å². The zero-order valence-electron chi connectivity index (χ0n) is 17.6. The molecule has 0 saturated heterocycles. The van der Waals surface area contributed by atoms with Gasteiger partial charge in [0.2, 0.25) is 5.91 Å². The Morgan fingerprint density at radius 1 is 1.22 bits per heavy atom. The SMILES string of the molecule is Cc1nc(NC(=O)CC2CCCC2)sc1-c1ccc(Cl)c(S(=O)Nc2ccc(O)cc2)c1. The lowest BCUT2D eigenvalue weighted by molar-refractivity contribution is -0.117. The molecule has 0 spiro atoms. The molecule has 9 heteroatoms. The second-order valence-electron chi connectivity index (χ2n) is 7.90. The monoisotopic (exact) mass is 489 g/mol. The second-order valence-corrected chi connectivity index (χ2v) is 10.5. The zero-order valence-corrected chi connectivity index (χ0v) is 19.9. The summed E-state index contributed by atoms with van der Waals surface area (Å²) in [5.41, 5.74) is 2.22. The number of nitrogens with zero attached hydrogens (tertiary/aromatic N) is 1. The molecule has 1 aromatic heterocycles. The van der Waals surface area contributed by atoms with Crippen molar-refractivity contribution in [3.63, 3.8) is 0 Å². The van der Waals surface area contributed by atoms with E-state index in [0.717, 1.165) is 29.0 Å². The van der Waals surface area contributed by atoms with E-state index in [4.69, 9.17) is 11.6 Å². The number of carbonyl (C=O) groups excluding carboxylic acids is 1. The number of nitrogens with one attached hydrogen (secondary N) is 2. The fraction of sp³-hybridized carbons (Fsp3) is 0.304. The predicted molar refractivity (Wildman–Crippen MR) is 131 cm³/mol. The van der Waals surface area contributed by atoms with Crippen LogP contribution in [0.1, 0.15) is 37.8 Å².